The normalized spacial score (nSPS) is 27.2. The molecular formula is C11H12Br2N2O4. The summed E-state index contributed by atoms with van der Waals surface area (Å²) in [5, 5.41) is 9.14. The second-order valence-corrected chi connectivity index (χ2v) is 5.81. The molecule has 0 bridgehead atoms. The molecule has 3 atom stereocenters. The van der Waals surface area contributed by atoms with E-state index in [9.17, 15) is 9.59 Å². The fraction of sp³-hybridized carbons (Fsp3) is 0.455. The molecule has 19 heavy (non-hydrogen) atoms. The third kappa shape index (κ3) is 3.07. The van der Waals surface area contributed by atoms with Gasteiger partial charge in [0.05, 0.1) is 18.3 Å². The molecule has 8 heteroatoms. The molecule has 2 rings (SSSR count). The van der Waals surface area contributed by atoms with E-state index in [0.29, 0.717) is 12.0 Å². The smallest absolute Gasteiger partial charge is 0.330 e. The number of aliphatic hydroxyl groups is 1. The molecule has 0 radical (unpaired) electrons. The molecule has 1 aliphatic rings. The molecule has 0 spiro atoms. The van der Waals surface area contributed by atoms with Gasteiger partial charge in [-0.05, 0) is 11.1 Å². The van der Waals surface area contributed by atoms with Gasteiger partial charge in [-0.3, -0.25) is 14.3 Å². The molecule has 0 amide bonds. The SMILES string of the molecule is O=c1[nH]c(=O)n([C@H]2C[C@H](Br)[C@@H](CO)O2)cc1C=CBr. The van der Waals surface area contributed by atoms with E-state index >= 15 is 0 Å². The average Bonchev–Trinajstić information content (AvgIpc) is 2.74. The molecule has 0 aliphatic carbocycles. The van der Waals surface area contributed by atoms with Crippen molar-refractivity contribution in [2.45, 2.75) is 23.6 Å². The van der Waals surface area contributed by atoms with Crippen molar-refractivity contribution in [2.75, 3.05) is 6.61 Å². The fourth-order valence-electron chi connectivity index (χ4n) is 1.92. The van der Waals surface area contributed by atoms with Crippen LogP contribution in [0.4, 0.5) is 0 Å². The molecule has 0 aromatic carbocycles. The largest absolute Gasteiger partial charge is 0.394 e. The van der Waals surface area contributed by atoms with Crippen molar-refractivity contribution in [3.8, 4) is 0 Å². The minimum atomic E-state index is -0.528. The molecule has 6 nitrogen and oxygen atoms in total. The second-order valence-electron chi connectivity index (χ2n) is 4.11. The number of rotatable bonds is 3. The van der Waals surface area contributed by atoms with Crippen LogP contribution in [0.25, 0.3) is 6.08 Å². The minimum Gasteiger partial charge on any atom is -0.394 e. The Balaban J connectivity index is 2.38. The molecule has 104 valence electrons. The molecule has 2 N–H and O–H groups in total. The van der Waals surface area contributed by atoms with E-state index in [-0.39, 0.29) is 17.5 Å². The Bertz CT molecular complexity index is 595. The van der Waals surface area contributed by atoms with E-state index in [2.05, 4.69) is 36.8 Å². The van der Waals surface area contributed by atoms with Crippen LogP contribution in [-0.4, -0.2) is 32.2 Å². The molecule has 1 fully saturated rings. The first-order valence-corrected chi connectivity index (χ1v) is 7.42. The lowest BCUT2D eigenvalue weighted by molar-refractivity contribution is -0.0235. The zero-order chi connectivity index (χ0) is 14.0. The predicted octanol–water partition coefficient (Wildman–Crippen LogP) is 0.945. The number of aliphatic hydroxyl groups excluding tert-OH is 1. The lowest BCUT2D eigenvalue weighted by Crippen LogP contribution is -2.33. The summed E-state index contributed by atoms with van der Waals surface area (Å²) < 4.78 is 6.90. The number of aromatic amines is 1. The number of halogens is 2. The number of H-pyrrole nitrogens is 1. The maximum absolute atomic E-state index is 11.8. The number of aromatic nitrogens is 2. The van der Waals surface area contributed by atoms with Crippen LogP contribution in [0.3, 0.4) is 0 Å². The Morgan fingerprint density at radius 1 is 1.58 bits per heavy atom. The van der Waals surface area contributed by atoms with E-state index < -0.39 is 17.5 Å². The molecule has 0 unspecified atom stereocenters. The summed E-state index contributed by atoms with van der Waals surface area (Å²) in [7, 11) is 0. The monoisotopic (exact) mass is 394 g/mol. The Kier molecular flexibility index (Phi) is 4.77. The van der Waals surface area contributed by atoms with E-state index in [0.717, 1.165) is 0 Å². The summed E-state index contributed by atoms with van der Waals surface area (Å²) in [6.07, 6.45) is 2.66. The van der Waals surface area contributed by atoms with Gasteiger partial charge in [0.25, 0.3) is 5.56 Å². The molecule has 1 aromatic heterocycles. The average molecular weight is 396 g/mol. The first kappa shape index (κ1) is 14.7. The zero-order valence-corrected chi connectivity index (χ0v) is 12.9. The summed E-state index contributed by atoms with van der Waals surface area (Å²) in [5.74, 6) is 0. The lowest BCUT2D eigenvalue weighted by Gasteiger charge is -2.14. The highest BCUT2D eigenvalue weighted by atomic mass is 79.9. The van der Waals surface area contributed by atoms with Crippen LogP contribution >= 0.6 is 31.9 Å². The number of nitrogens with zero attached hydrogens (tertiary/aromatic N) is 1. The lowest BCUT2D eigenvalue weighted by atomic mass is 10.2. The van der Waals surface area contributed by atoms with E-state index in [1.807, 2.05) is 0 Å². The van der Waals surface area contributed by atoms with Crippen molar-refractivity contribution < 1.29 is 9.84 Å². The van der Waals surface area contributed by atoms with Crippen LogP contribution < -0.4 is 11.2 Å². The van der Waals surface area contributed by atoms with Crippen LogP contribution in [0.15, 0.2) is 20.8 Å². The highest BCUT2D eigenvalue weighted by Gasteiger charge is 2.34. The molecule has 0 saturated carbocycles. The van der Waals surface area contributed by atoms with Gasteiger partial charge in [-0.15, -0.1) is 0 Å². The van der Waals surface area contributed by atoms with Gasteiger partial charge < -0.3 is 9.84 Å². The highest BCUT2D eigenvalue weighted by Crippen LogP contribution is 2.32. The van der Waals surface area contributed by atoms with Gasteiger partial charge in [0.15, 0.2) is 0 Å². The third-order valence-corrected chi connectivity index (χ3v) is 4.12. The third-order valence-electron chi connectivity index (χ3n) is 2.89. The van der Waals surface area contributed by atoms with Crippen molar-refractivity contribution in [2.24, 2.45) is 0 Å². The van der Waals surface area contributed by atoms with Gasteiger partial charge in [-0.1, -0.05) is 31.9 Å². The second kappa shape index (κ2) is 6.17. The Morgan fingerprint density at radius 3 is 2.89 bits per heavy atom. The molecule has 1 saturated heterocycles. The Labute approximate surface area is 125 Å². The van der Waals surface area contributed by atoms with E-state index in [4.69, 9.17) is 9.84 Å². The van der Waals surface area contributed by atoms with Crippen LogP contribution in [0, 0.1) is 0 Å². The summed E-state index contributed by atoms with van der Waals surface area (Å²) in [5.41, 5.74) is -0.636. The van der Waals surface area contributed by atoms with Gasteiger partial charge in [0.2, 0.25) is 0 Å². The van der Waals surface area contributed by atoms with Gasteiger partial charge in [-0.2, -0.15) is 0 Å². The Morgan fingerprint density at radius 2 is 2.32 bits per heavy atom. The maximum Gasteiger partial charge on any atom is 0.330 e. The number of hydrogen-bond donors (Lipinski definition) is 2. The van der Waals surface area contributed by atoms with Crippen LogP contribution in [0.5, 0.6) is 0 Å². The van der Waals surface area contributed by atoms with Crippen molar-refractivity contribution in [1.29, 1.82) is 0 Å². The molecular weight excluding hydrogens is 384 g/mol. The van der Waals surface area contributed by atoms with Crippen molar-refractivity contribution in [3.63, 3.8) is 0 Å². The summed E-state index contributed by atoms with van der Waals surface area (Å²) in [6, 6.07) is 0. The van der Waals surface area contributed by atoms with E-state index in [1.165, 1.54) is 15.7 Å². The van der Waals surface area contributed by atoms with Crippen LogP contribution in [-0.2, 0) is 4.74 Å². The van der Waals surface area contributed by atoms with Crippen molar-refractivity contribution in [3.05, 3.63) is 37.6 Å². The van der Waals surface area contributed by atoms with Crippen LogP contribution in [0.1, 0.15) is 18.2 Å². The summed E-state index contributed by atoms with van der Waals surface area (Å²) in [4.78, 5) is 27.1. The standard InChI is InChI=1S/C11H12Br2N2O4/c12-2-1-6-4-15(11(18)14-10(6)17)9-3-7(13)8(5-16)19-9/h1-2,4,7-9,16H,3,5H2,(H,14,17,18)/t7-,8+,9+/m0/s1. The molecule has 2 heterocycles. The number of hydrogen-bond acceptors (Lipinski definition) is 4. The summed E-state index contributed by atoms with van der Waals surface area (Å²) in [6.45, 7) is -0.126. The maximum atomic E-state index is 11.8. The van der Waals surface area contributed by atoms with Gasteiger partial charge in [0, 0.05) is 17.4 Å². The van der Waals surface area contributed by atoms with Crippen molar-refractivity contribution >= 4 is 37.9 Å². The minimum absolute atomic E-state index is 0.0310. The van der Waals surface area contributed by atoms with Gasteiger partial charge in [-0.25, -0.2) is 4.79 Å². The highest BCUT2D eigenvalue weighted by molar-refractivity contribution is 9.11. The van der Waals surface area contributed by atoms with Crippen LogP contribution in [0.2, 0.25) is 0 Å². The predicted molar refractivity (Wildman–Crippen MR) is 77.6 cm³/mol. The number of nitrogens with one attached hydrogen (secondary N) is 1. The molecule has 1 aliphatic heterocycles. The van der Waals surface area contributed by atoms with Crippen molar-refractivity contribution in [1.82, 2.24) is 9.55 Å². The quantitative estimate of drug-likeness (QED) is 0.746. The number of alkyl halides is 1. The fourth-order valence-corrected chi connectivity index (χ4v) is 2.82. The number of ether oxygens (including phenoxy) is 1. The zero-order valence-electron chi connectivity index (χ0n) is 9.75. The first-order chi connectivity index (χ1) is 9.06. The van der Waals surface area contributed by atoms with Gasteiger partial charge >= 0.3 is 5.69 Å². The van der Waals surface area contributed by atoms with Gasteiger partial charge in [0.1, 0.15) is 6.23 Å². The molecule has 1 aromatic rings. The first-order valence-electron chi connectivity index (χ1n) is 5.59. The topological polar surface area (TPSA) is 84.3 Å². The summed E-state index contributed by atoms with van der Waals surface area (Å²) >= 11 is 6.48. The Hall–Kier alpha value is -0.700. The van der Waals surface area contributed by atoms with E-state index in [1.54, 1.807) is 6.08 Å².